The Balaban J connectivity index is 1.47. The molecule has 40 heavy (non-hydrogen) atoms. The number of ether oxygens (including phenoxy) is 1. The van der Waals surface area contributed by atoms with Crippen LogP contribution in [0.1, 0.15) is 39.3 Å². The smallest absolute Gasteiger partial charge is 0.240 e. The second-order valence-corrected chi connectivity index (χ2v) is 12.0. The van der Waals surface area contributed by atoms with Gasteiger partial charge in [-0.25, -0.2) is 13.1 Å². The van der Waals surface area contributed by atoms with E-state index in [1.165, 1.54) is 13.2 Å². The monoisotopic (exact) mass is 567 g/mol. The number of aliphatic hydroxyl groups excluding tert-OH is 1. The number of aryl methyl sites for hydroxylation is 1. The molecule has 1 saturated heterocycles. The number of nitrogens with zero attached hydrogens (tertiary/aromatic N) is 2. The molecule has 2 heterocycles. The number of hydrogen-bond donors (Lipinski definition) is 4. The minimum Gasteiger partial charge on any atom is -0.495 e. The Labute approximate surface area is 237 Å². The van der Waals surface area contributed by atoms with Crippen LogP contribution in [-0.4, -0.2) is 75.0 Å². The van der Waals surface area contributed by atoms with Gasteiger partial charge in [0, 0.05) is 55.4 Å². The molecule has 1 aliphatic heterocycles. The van der Waals surface area contributed by atoms with Gasteiger partial charge >= 0.3 is 0 Å². The van der Waals surface area contributed by atoms with Gasteiger partial charge in [0.15, 0.2) is 0 Å². The zero-order valence-corrected chi connectivity index (χ0v) is 24.6. The van der Waals surface area contributed by atoms with Crippen molar-refractivity contribution in [3.8, 4) is 17.6 Å². The molecule has 4 N–H and O–H groups in total. The second kappa shape index (κ2) is 13.4. The third-order valence-corrected chi connectivity index (χ3v) is 8.74. The number of β-amino-alcohol motifs (C(OH)–C–C–N with tert-alkyl or cyclic N) is 1. The molecule has 216 valence electrons. The molecule has 0 unspecified atom stereocenters. The van der Waals surface area contributed by atoms with Crippen LogP contribution in [-0.2, 0) is 16.6 Å². The largest absolute Gasteiger partial charge is 0.495 e. The quantitative estimate of drug-likeness (QED) is 0.262. The molecular formula is C30H41N5O4S. The van der Waals surface area contributed by atoms with Crippen molar-refractivity contribution < 1.29 is 18.3 Å². The van der Waals surface area contributed by atoms with Gasteiger partial charge in [0.1, 0.15) is 5.75 Å². The molecular weight excluding hydrogens is 526 g/mol. The van der Waals surface area contributed by atoms with Gasteiger partial charge in [-0.2, -0.15) is 0 Å². The molecule has 1 aliphatic rings. The van der Waals surface area contributed by atoms with Crippen LogP contribution in [0.4, 0.5) is 11.4 Å². The number of methoxy groups -OCH3 is 1. The van der Waals surface area contributed by atoms with Gasteiger partial charge in [0.2, 0.25) is 10.0 Å². The van der Waals surface area contributed by atoms with E-state index in [1.54, 1.807) is 26.0 Å². The van der Waals surface area contributed by atoms with Crippen LogP contribution in [0, 0.1) is 11.8 Å². The van der Waals surface area contributed by atoms with Gasteiger partial charge in [0.25, 0.3) is 0 Å². The summed E-state index contributed by atoms with van der Waals surface area (Å²) in [6.45, 7) is 9.79. The molecule has 0 atom stereocenters. The molecule has 4 rings (SSSR count). The Morgan fingerprint density at radius 2 is 1.90 bits per heavy atom. The highest BCUT2D eigenvalue weighted by Crippen LogP contribution is 2.30. The van der Waals surface area contributed by atoms with Crippen molar-refractivity contribution in [3.05, 3.63) is 48.2 Å². The lowest BCUT2D eigenvalue weighted by molar-refractivity contribution is 0.168. The Hall–Kier alpha value is -3.23. The zero-order valence-electron chi connectivity index (χ0n) is 23.8. The molecule has 0 saturated carbocycles. The number of rotatable bonds is 11. The molecule has 0 bridgehead atoms. The fraction of sp³-hybridized carbons (Fsp3) is 0.467. The van der Waals surface area contributed by atoms with E-state index < -0.39 is 10.0 Å². The van der Waals surface area contributed by atoms with E-state index in [1.807, 2.05) is 0 Å². The fourth-order valence-corrected chi connectivity index (χ4v) is 6.42. The van der Waals surface area contributed by atoms with Gasteiger partial charge in [0.05, 0.1) is 42.1 Å². The van der Waals surface area contributed by atoms with Crippen LogP contribution in [0.25, 0.3) is 10.9 Å². The summed E-state index contributed by atoms with van der Waals surface area (Å²) in [6, 6.07) is 13.5. The number of nitrogens with one attached hydrogen (secondary N) is 3. The molecule has 10 heteroatoms. The predicted molar refractivity (Wildman–Crippen MR) is 162 cm³/mol. The van der Waals surface area contributed by atoms with Crippen LogP contribution < -0.4 is 20.1 Å². The van der Waals surface area contributed by atoms with E-state index in [2.05, 4.69) is 67.9 Å². The molecule has 3 aromatic rings. The molecule has 9 nitrogen and oxygen atoms in total. The number of aromatic nitrogens is 1. The van der Waals surface area contributed by atoms with Crippen molar-refractivity contribution in [2.75, 3.05) is 50.5 Å². The number of aliphatic hydroxyl groups is 1. The van der Waals surface area contributed by atoms with Crippen molar-refractivity contribution in [3.63, 3.8) is 0 Å². The highest BCUT2D eigenvalue weighted by atomic mass is 32.2. The van der Waals surface area contributed by atoms with E-state index in [4.69, 9.17) is 4.74 Å². The average Bonchev–Trinajstić information content (AvgIpc) is 3.30. The number of piperidine rings is 1. The first-order chi connectivity index (χ1) is 19.2. The Bertz CT molecular complexity index is 1460. The number of benzene rings is 2. The van der Waals surface area contributed by atoms with E-state index in [0.717, 1.165) is 61.3 Å². The number of fused-ring (bicyclic) bond motifs is 1. The molecule has 0 aliphatic carbocycles. The van der Waals surface area contributed by atoms with E-state index >= 15 is 0 Å². The fourth-order valence-electron chi connectivity index (χ4n) is 5.15. The number of hydrogen-bond acceptors (Lipinski definition) is 7. The standard InChI is InChI=1S/C30H41N5O4S/c1-5-35-24(8-7-15-31-28-12-11-25(21-30(28)39-4)40(37,38)33-22(2)3)20-26-27(9-6-10-29(26)35)32-23-13-16-34(17-14-23)18-19-36/h6,9-12,20-23,31-33,36H,5,13-19H2,1-4H3. The van der Waals surface area contributed by atoms with Crippen LogP contribution in [0.15, 0.2) is 47.4 Å². The van der Waals surface area contributed by atoms with Crippen LogP contribution in [0.3, 0.4) is 0 Å². The number of anilines is 2. The van der Waals surface area contributed by atoms with Crippen molar-refractivity contribution in [2.24, 2.45) is 0 Å². The van der Waals surface area contributed by atoms with Crippen LogP contribution in [0.2, 0.25) is 0 Å². The predicted octanol–water partition coefficient (Wildman–Crippen LogP) is 3.69. The normalized spacial score (nSPS) is 14.8. The van der Waals surface area contributed by atoms with Gasteiger partial charge in [-0.1, -0.05) is 12.0 Å². The first kappa shape index (κ1) is 29.7. The maximum Gasteiger partial charge on any atom is 0.240 e. The number of sulfonamides is 1. The Morgan fingerprint density at radius 3 is 2.58 bits per heavy atom. The lowest BCUT2D eigenvalue weighted by atomic mass is 10.0. The summed E-state index contributed by atoms with van der Waals surface area (Å²) >= 11 is 0. The summed E-state index contributed by atoms with van der Waals surface area (Å²) in [4.78, 5) is 2.46. The lowest BCUT2D eigenvalue weighted by Gasteiger charge is -2.32. The SMILES string of the molecule is CCn1c(C#CCNc2ccc(S(=O)(=O)NC(C)C)cc2OC)cc2c(NC3CCN(CCO)CC3)cccc21. The molecule has 2 aromatic carbocycles. The summed E-state index contributed by atoms with van der Waals surface area (Å²) in [5.74, 6) is 6.97. The Kier molecular flexibility index (Phi) is 9.98. The minimum absolute atomic E-state index is 0.155. The third kappa shape index (κ3) is 7.09. The van der Waals surface area contributed by atoms with Gasteiger partial charge < -0.3 is 29.9 Å². The topological polar surface area (TPSA) is 108 Å². The summed E-state index contributed by atoms with van der Waals surface area (Å²) in [6.07, 6.45) is 2.10. The van der Waals surface area contributed by atoms with E-state index in [-0.39, 0.29) is 17.5 Å². The first-order valence-electron chi connectivity index (χ1n) is 13.9. The van der Waals surface area contributed by atoms with Crippen molar-refractivity contribution in [2.45, 2.75) is 57.1 Å². The van der Waals surface area contributed by atoms with Crippen molar-refractivity contribution >= 4 is 32.3 Å². The average molecular weight is 568 g/mol. The van der Waals surface area contributed by atoms with E-state index in [9.17, 15) is 13.5 Å². The molecule has 1 aromatic heterocycles. The van der Waals surface area contributed by atoms with Gasteiger partial charge in [-0.15, -0.1) is 0 Å². The minimum atomic E-state index is -3.61. The zero-order chi connectivity index (χ0) is 28.7. The highest BCUT2D eigenvalue weighted by molar-refractivity contribution is 7.89. The molecule has 0 spiro atoms. The lowest BCUT2D eigenvalue weighted by Crippen LogP contribution is -2.40. The molecule has 0 radical (unpaired) electrons. The first-order valence-corrected chi connectivity index (χ1v) is 15.4. The maximum atomic E-state index is 12.5. The summed E-state index contributed by atoms with van der Waals surface area (Å²) in [7, 11) is -2.10. The van der Waals surface area contributed by atoms with Gasteiger partial charge in [-0.05, 0) is 69.9 Å². The summed E-state index contributed by atoms with van der Waals surface area (Å²) < 4.78 is 35.3. The van der Waals surface area contributed by atoms with Crippen LogP contribution >= 0.6 is 0 Å². The Morgan fingerprint density at radius 1 is 1.12 bits per heavy atom. The van der Waals surface area contributed by atoms with Crippen LogP contribution in [0.5, 0.6) is 5.75 Å². The number of likely N-dealkylation sites (tertiary alicyclic amines) is 1. The van der Waals surface area contributed by atoms with Crippen molar-refractivity contribution in [1.82, 2.24) is 14.2 Å². The second-order valence-electron chi connectivity index (χ2n) is 10.3. The highest BCUT2D eigenvalue weighted by Gasteiger charge is 2.20. The third-order valence-electron chi connectivity index (χ3n) is 7.08. The van der Waals surface area contributed by atoms with Gasteiger partial charge in [-0.3, -0.25) is 0 Å². The summed E-state index contributed by atoms with van der Waals surface area (Å²) in [5, 5.41) is 17.4. The van der Waals surface area contributed by atoms with E-state index in [0.29, 0.717) is 24.0 Å². The molecule has 0 amide bonds. The maximum absolute atomic E-state index is 12.5. The molecule has 1 fully saturated rings. The van der Waals surface area contributed by atoms with Crippen molar-refractivity contribution in [1.29, 1.82) is 0 Å². The summed E-state index contributed by atoms with van der Waals surface area (Å²) in [5.41, 5.74) is 3.89.